The van der Waals surface area contributed by atoms with E-state index in [0.29, 0.717) is 24.8 Å². The summed E-state index contributed by atoms with van der Waals surface area (Å²) in [6.07, 6.45) is 0. The fraction of sp³-hybridized carbons (Fsp3) is 0.389. The van der Waals surface area contributed by atoms with Crippen LogP contribution >= 0.6 is 0 Å². The SMILES string of the molecule is COCC(=O)N1CCN(c2cc(Oc3ccccc3)nc(C)n2)CC1. The van der Waals surface area contributed by atoms with Crippen molar-refractivity contribution in [3.8, 4) is 11.6 Å². The first kappa shape index (κ1) is 17.2. The van der Waals surface area contributed by atoms with E-state index in [1.807, 2.05) is 48.2 Å². The summed E-state index contributed by atoms with van der Waals surface area (Å²) < 4.78 is 10.7. The molecule has 3 rings (SSSR count). The molecule has 7 nitrogen and oxygen atoms in total. The molecule has 1 aromatic carbocycles. The third-order valence-electron chi connectivity index (χ3n) is 3.99. The summed E-state index contributed by atoms with van der Waals surface area (Å²) >= 11 is 0. The van der Waals surface area contributed by atoms with Crippen molar-refractivity contribution in [2.75, 3.05) is 44.8 Å². The van der Waals surface area contributed by atoms with Gasteiger partial charge in [0.2, 0.25) is 11.8 Å². The third kappa shape index (κ3) is 4.45. The Hall–Kier alpha value is -2.67. The predicted octanol–water partition coefficient (Wildman–Crippen LogP) is 1.87. The lowest BCUT2D eigenvalue weighted by atomic mass is 10.3. The van der Waals surface area contributed by atoms with Crippen molar-refractivity contribution in [2.45, 2.75) is 6.92 Å². The highest BCUT2D eigenvalue weighted by Gasteiger charge is 2.22. The minimum Gasteiger partial charge on any atom is -0.439 e. The minimum atomic E-state index is 0.0223. The maximum Gasteiger partial charge on any atom is 0.248 e. The van der Waals surface area contributed by atoms with Gasteiger partial charge in [-0.3, -0.25) is 4.79 Å². The van der Waals surface area contributed by atoms with Gasteiger partial charge in [-0.05, 0) is 19.1 Å². The van der Waals surface area contributed by atoms with Gasteiger partial charge in [-0.2, -0.15) is 4.98 Å². The molecular weight excluding hydrogens is 320 g/mol. The molecule has 1 aliphatic heterocycles. The molecule has 1 amide bonds. The van der Waals surface area contributed by atoms with Gasteiger partial charge in [0, 0.05) is 39.4 Å². The first-order valence-corrected chi connectivity index (χ1v) is 8.26. The summed E-state index contributed by atoms with van der Waals surface area (Å²) in [6.45, 7) is 4.72. The number of anilines is 1. The number of para-hydroxylation sites is 1. The summed E-state index contributed by atoms with van der Waals surface area (Å²) in [4.78, 5) is 24.7. The second kappa shape index (κ2) is 7.94. The third-order valence-corrected chi connectivity index (χ3v) is 3.99. The van der Waals surface area contributed by atoms with Crippen LogP contribution in [0, 0.1) is 6.92 Å². The zero-order valence-electron chi connectivity index (χ0n) is 14.5. The van der Waals surface area contributed by atoms with E-state index < -0.39 is 0 Å². The molecule has 1 saturated heterocycles. The van der Waals surface area contributed by atoms with Crippen LogP contribution in [0.25, 0.3) is 0 Å². The molecule has 0 unspecified atom stereocenters. The minimum absolute atomic E-state index is 0.0223. The number of aromatic nitrogens is 2. The molecule has 0 N–H and O–H groups in total. The van der Waals surface area contributed by atoms with Crippen LogP contribution in [0.15, 0.2) is 36.4 Å². The number of ether oxygens (including phenoxy) is 2. The van der Waals surface area contributed by atoms with Gasteiger partial charge >= 0.3 is 0 Å². The van der Waals surface area contributed by atoms with Crippen LogP contribution in [0.4, 0.5) is 5.82 Å². The smallest absolute Gasteiger partial charge is 0.248 e. The van der Waals surface area contributed by atoms with E-state index in [0.717, 1.165) is 24.7 Å². The van der Waals surface area contributed by atoms with Gasteiger partial charge in [-0.15, -0.1) is 0 Å². The zero-order valence-corrected chi connectivity index (χ0v) is 14.5. The maximum absolute atomic E-state index is 11.9. The van der Waals surface area contributed by atoms with Crippen LogP contribution in [0.5, 0.6) is 11.6 Å². The summed E-state index contributed by atoms with van der Waals surface area (Å²) in [6, 6.07) is 11.4. The standard InChI is InChI=1S/C18H22N4O3/c1-14-19-16(12-17(20-14)25-15-6-4-3-5-7-15)21-8-10-22(11-9-21)18(23)13-24-2/h3-7,12H,8-11,13H2,1-2H3. The average molecular weight is 342 g/mol. The molecule has 2 aromatic rings. The number of aryl methyl sites for hydroxylation is 1. The van der Waals surface area contributed by atoms with Gasteiger partial charge in [-0.1, -0.05) is 18.2 Å². The molecule has 1 aromatic heterocycles. The number of carbonyl (C=O) groups is 1. The van der Waals surface area contributed by atoms with Gasteiger partial charge in [-0.25, -0.2) is 4.98 Å². The van der Waals surface area contributed by atoms with Gasteiger partial charge in [0.15, 0.2) is 0 Å². The van der Waals surface area contributed by atoms with E-state index >= 15 is 0 Å². The Kier molecular flexibility index (Phi) is 5.45. The van der Waals surface area contributed by atoms with Crippen molar-refractivity contribution >= 4 is 11.7 Å². The number of rotatable bonds is 5. The number of hydrogen-bond donors (Lipinski definition) is 0. The van der Waals surface area contributed by atoms with Crippen LogP contribution < -0.4 is 9.64 Å². The molecule has 1 aliphatic rings. The summed E-state index contributed by atoms with van der Waals surface area (Å²) in [7, 11) is 1.53. The Morgan fingerprint density at radius 2 is 1.84 bits per heavy atom. The fourth-order valence-corrected chi connectivity index (χ4v) is 2.75. The Labute approximate surface area is 147 Å². The second-order valence-corrected chi connectivity index (χ2v) is 5.83. The van der Waals surface area contributed by atoms with E-state index in [9.17, 15) is 4.79 Å². The highest BCUT2D eigenvalue weighted by atomic mass is 16.5. The normalized spacial score (nSPS) is 14.5. The molecule has 0 radical (unpaired) electrons. The summed E-state index contributed by atoms with van der Waals surface area (Å²) in [5.41, 5.74) is 0. The van der Waals surface area contributed by atoms with Crippen molar-refractivity contribution in [2.24, 2.45) is 0 Å². The number of methoxy groups -OCH3 is 1. The second-order valence-electron chi connectivity index (χ2n) is 5.83. The molecule has 2 heterocycles. The number of amides is 1. The van der Waals surface area contributed by atoms with Gasteiger partial charge in [0.1, 0.15) is 24.0 Å². The van der Waals surface area contributed by atoms with Crippen molar-refractivity contribution in [1.29, 1.82) is 0 Å². The van der Waals surface area contributed by atoms with E-state index in [-0.39, 0.29) is 12.5 Å². The number of nitrogens with zero attached hydrogens (tertiary/aromatic N) is 4. The Bertz CT molecular complexity index is 716. The van der Waals surface area contributed by atoms with Crippen molar-refractivity contribution < 1.29 is 14.3 Å². The first-order valence-electron chi connectivity index (χ1n) is 8.26. The lowest BCUT2D eigenvalue weighted by molar-refractivity contribution is -0.135. The predicted molar refractivity (Wildman–Crippen MR) is 94.0 cm³/mol. The van der Waals surface area contributed by atoms with Gasteiger partial charge in [0.25, 0.3) is 0 Å². The summed E-state index contributed by atoms with van der Waals surface area (Å²) in [5.74, 6) is 2.75. The number of hydrogen-bond acceptors (Lipinski definition) is 6. The molecular formula is C18H22N4O3. The summed E-state index contributed by atoms with van der Waals surface area (Å²) in [5, 5.41) is 0. The van der Waals surface area contributed by atoms with Crippen molar-refractivity contribution in [3.05, 3.63) is 42.2 Å². The van der Waals surface area contributed by atoms with Crippen molar-refractivity contribution in [3.63, 3.8) is 0 Å². The molecule has 0 spiro atoms. The Morgan fingerprint density at radius 1 is 1.12 bits per heavy atom. The van der Waals surface area contributed by atoms with Crippen LogP contribution in [0.3, 0.4) is 0 Å². The highest BCUT2D eigenvalue weighted by Crippen LogP contribution is 2.23. The average Bonchev–Trinajstić information content (AvgIpc) is 2.62. The zero-order chi connectivity index (χ0) is 17.6. The van der Waals surface area contributed by atoms with Gasteiger partial charge in [0.05, 0.1) is 0 Å². The highest BCUT2D eigenvalue weighted by molar-refractivity contribution is 5.77. The Morgan fingerprint density at radius 3 is 2.52 bits per heavy atom. The molecule has 132 valence electrons. The van der Waals surface area contributed by atoms with Crippen LogP contribution in [0.2, 0.25) is 0 Å². The quantitative estimate of drug-likeness (QED) is 0.826. The van der Waals surface area contributed by atoms with Gasteiger partial charge < -0.3 is 19.3 Å². The largest absolute Gasteiger partial charge is 0.439 e. The van der Waals surface area contributed by atoms with E-state index in [4.69, 9.17) is 9.47 Å². The number of carbonyl (C=O) groups excluding carboxylic acids is 1. The molecule has 0 bridgehead atoms. The van der Waals surface area contributed by atoms with Crippen LogP contribution in [0.1, 0.15) is 5.82 Å². The fourth-order valence-electron chi connectivity index (χ4n) is 2.75. The number of piperazine rings is 1. The molecule has 0 aliphatic carbocycles. The molecule has 7 heteroatoms. The maximum atomic E-state index is 11.9. The molecule has 25 heavy (non-hydrogen) atoms. The van der Waals surface area contributed by atoms with Crippen LogP contribution in [-0.4, -0.2) is 60.7 Å². The van der Waals surface area contributed by atoms with Crippen LogP contribution in [-0.2, 0) is 9.53 Å². The monoisotopic (exact) mass is 342 g/mol. The van der Waals surface area contributed by atoms with Crippen molar-refractivity contribution in [1.82, 2.24) is 14.9 Å². The molecule has 0 atom stereocenters. The molecule has 0 saturated carbocycles. The van der Waals surface area contributed by atoms with E-state index in [1.54, 1.807) is 0 Å². The van der Waals surface area contributed by atoms with E-state index in [1.165, 1.54) is 7.11 Å². The molecule has 1 fully saturated rings. The number of benzene rings is 1. The Balaban J connectivity index is 1.68. The first-order chi connectivity index (χ1) is 12.2. The van der Waals surface area contributed by atoms with E-state index in [2.05, 4.69) is 14.9 Å². The lowest BCUT2D eigenvalue weighted by Gasteiger charge is -2.35. The lowest BCUT2D eigenvalue weighted by Crippen LogP contribution is -2.50. The topological polar surface area (TPSA) is 67.8 Å².